The number of hydrogen-bond acceptors (Lipinski definition) is 4. The summed E-state index contributed by atoms with van der Waals surface area (Å²) >= 11 is 0. The van der Waals surface area contributed by atoms with Crippen molar-refractivity contribution >= 4 is 21.7 Å². The van der Waals surface area contributed by atoms with E-state index in [0.717, 1.165) is 0 Å². The number of amides is 1. The highest BCUT2D eigenvalue weighted by molar-refractivity contribution is 7.92. The van der Waals surface area contributed by atoms with E-state index in [9.17, 15) is 18.0 Å². The lowest BCUT2D eigenvalue weighted by Gasteiger charge is -2.15. The fourth-order valence-electron chi connectivity index (χ4n) is 1.53. The van der Waals surface area contributed by atoms with Gasteiger partial charge in [0.05, 0.1) is 10.5 Å². The van der Waals surface area contributed by atoms with Crippen LogP contribution in [0.15, 0.2) is 29.2 Å². The molecule has 1 unspecified atom stereocenters. The van der Waals surface area contributed by atoms with E-state index >= 15 is 0 Å². The molecular formula is C13H17NO5S. The molecule has 0 radical (unpaired) electrons. The van der Waals surface area contributed by atoms with E-state index in [1.165, 1.54) is 31.2 Å². The van der Waals surface area contributed by atoms with Crippen molar-refractivity contribution in [3.8, 4) is 0 Å². The molecule has 1 amide bonds. The lowest BCUT2D eigenvalue weighted by Crippen LogP contribution is -2.41. The molecule has 0 spiro atoms. The smallest absolute Gasteiger partial charge is 0.335 e. The molecule has 2 N–H and O–H groups in total. The third kappa shape index (κ3) is 3.57. The van der Waals surface area contributed by atoms with Crippen LogP contribution in [0.2, 0.25) is 0 Å². The Bertz CT molecular complexity index is 604. The summed E-state index contributed by atoms with van der Waals surface area (Å²) in [6.45, 7) is 4.77. The van der Waals surface area contributed by atoms with Crippen LogP contribution in [0, 0.1) is 0 Å². The van der Waals surface area contributed by atoms with Gasteiger partial charge in [-0.15, -0.1) is 0 Å². The van der Waals surface area contributed by atoms with E-state index in [1.54, 1.807) is 13.8 Å². The molecule has 0 saturated carbocycles. The van der Waals surface area contributed by atoms with E-state index in [1.807, 2.05) is 0 Å². The number of sulfone groups is 1. The van der Waals surface area contributed by atoms with Gasteiger partial charge in [0.15, 0.2) is 9.84 Å². The van der Waals surface area contributed by atoms with Gasteiger partial charge in [-0.2, -0.15) is 0 Å². The van der Waals surface area contributed by atoms with Gasteiger partial charge in [-0.05, 0) is 45.0 Å². The first-order valence-corrected chi connectivity index (χ1v) is 7.58. The van der Waals surface area contributed by atoms with Crippen molar-refractivity contribution in [2.45, 2.75) is 37.0 Å². The van der Waals surface area contributed by atoms with Crippen molar-refractivity contribution in [1.29, 1.82) is 0 Å². The fraction of sp³-hybridized carbons (Fsp3) is 0.385. The molecule has 1 rings (SSSR count). The maximum absolute atomic E-state index is 12.2. The fourth-order valence-corrected chi connectivity index (χ4v) is 2.81. The number of carbonyl (C=O) groups is 2. The number of rotatable bonds is 5. The largest absolute Gasteiger partial charge is 0.478 e. The highest BCUT2D eigenvalue weighted by Gasteiger charge is 2.30. The second-order valence-electron chi connectivity index (χ2n) is 4.68. The lowest BCUT2D eigenvalue weighted by atomic mass is 10.2. The predicted molar refractivity (Wildman–Crippen MR) is 73.3 cm³/mol. The zero-order valence-corrected chi connectivity index (χ0v) is 12.3. The summed E-state index contributed by atoms with van der Waals surface area (Å²) in [4.78, 5) is 22.4. The number of carboxylic acids is 1. The van der Waals surface area contributed by atoms with Gasteiger partial charge in [-0.1, -0.05) is 0 Å². The quantitative estimate of drug-likeness (QED) is 0.847. The minimum atomic E-state index is -3.83. The SMILES string of the molecule is CC(C)NC(=O)C(C)S(=O)(=O)c1ccc(C(=O)O)cc1. The molecule has 1 aromatic carbocycles. The average molecular weight is 299 g/mol. The molecule has 20 heavy (non-hydrogen) atoms. The van der Waals surface area contributed by atoms with Gasteiger partial charge in [-0.3, -0.25) is 4.79 Å². The molecule has 110 valence electrons. The van der Waals surface area contributed by atoms with Crippen LogP contribution in [-0.2, 0) is 14.6 Å². The van der Waals surface area contributed by atoms with Crippen molar-refractivity contribution < 1.29 is 23.1 Å². The van der Waals surface area contributed by atoms with Gasteiger partial charge in [0, 0.05) is 6.04 Å². The number of carboxylic acid groups (broad SMARTS) is 1. The second-order valence-corrected chi connectivity index (χ2v) is 6.95. The molecule has 0 heterocycles. The van der Waals surface area contributed by atoms with Crippen LogP contribution in [0.1, 0.15) is 31.1 Å². The van der Waals surface area contributed by atoms with Crippen molar-refractivity contribution in [1.82, 2.24) is 5.32 Å². The van der Waals surface area contributed by atoms with E-state index in [0.29, 0.717) is 0 Å². The Balaban J connectivity index is 3.04. The Kier molecular flexibility index (Phi) is 4.88. The normalized spacial score (nSPS) is 13.0. The molecule has 0 aromatic heterocycles. The van der Waals surface area contributed by atoms with Crippen molar-refractivity contribution in [3.05, 3.63) is 29.8 Å². The van der Waals surface area contributed by atoms with E-state index in [-0.39, 0.29) is 16.5 Å². The van der Waals surface area contributed by atoms with Crippen LogP contribution in [0.25, 0.3) is 0 Å². The first kappa shape index (κ1) is 16.2. The summed E-state index contributed by atoms with van der Waals surface area (Å²) in [5, 5.41) is 10.1. The summed E-state index contributed by atoms with van der Waals surface area (Å²) in [5.41, 5.74) is -0.0109. The summed E-state index contributed by atoms with van der Waals surface area (Å²) in [7, 11) is -3.83. The minimum Gasteiger partial charge on any atom is -0.478 e. The maximum atomic E-state index is 12.2. The number of benzene rings is 1. The topological polar surface area (TPSA) is 101 Å². The second kappa shape index (κ2) is 6.04. The van der Waals surface area contributed by atoms with Crippen LogP contribution >= 0.6 is 0 Å². The van der Waals surface area contributed by atoms with Gasteiger partial charge in [0.2, 0.25) is 5.91 Å². The van der Waals surface area contributed by atoms with Crippen LogP contribution in [0.3, 0.4) is 0 Å². The van der Waals surface area contributed by atoms with Gasteiger partial charge >= 0.3 is 5.97 Å². The van der Waals surface area contributed by atoms with E-state index in [2.05, 4.69) is 5.32 Å². The maximum Gasteiger partial charge on any atom is 0.335 e. The number of nitrogens with one attached hydrogen (secondary N) is 1. The van der Waals surface area contributed by atoms with E-state index in [4.69, 9.17) is 5.11 Å². The van der Waals surface area contributed by atoms with Crippen molar-refractivity contribution in [2.24, 2.45) is 0 Å². The number of aromatic carboxylic acids is 1. The molecule has 0 aliphatic carbocycles. The van der Waals surface area contributed by atoms with Gasteiger partial charge in [0.1, 0.15) is 5.25 Å². The summed E-state index contributed by atoms with van der Waals surface area (Å²) in [6, 6.07) is 4.62. The van der Waals surface area contributed by atoms with Crippen LogP contribution < -0.4 is 5.32 Å². The van der Waals surface area contributed by atoms with Crippen LogP contribution in [0.5, 0.6) is 0 Å². The minimum absolute atomic E-state index is 0.0109. The monoisotopic (exact) mass is 299 g/mol. The third-order valence-corrected chi connectivity index (χ3v) is 4.77. The molecule has 7 heteroatoms. The molecule has 1 aromatic rings. The molecule has 1 atom stereocenters. The molecule has 0 bridgehead atoms. The Labute approximate surface area is 117 Å². The van der Waals surface area contributed by atoms with E-state index < -0.39 is 27.0 Å². The average Bonchev–Trinajstić information content (AvgIpc) is 2.37. The first-order chi connectivity index (χ1) is 9.16. The van der Waals surface area contributed by atoms with Crippen molar-refractivity contribution in [2.75, 3.05) is 0 Å². The molecule has 0 aliphatic heterocycles. The standard InChI is InChI=1S/C13H17NO5S/c1-8(2)14-12(15)9(3)20(18,19)11-6-4-10(5-7-11)13(16)17/h4-9H,1-3H3,(H,14,15)(H,16,17). The molecular weight excluding hydrogens is 282 g/mol. The van der Waals surface area contributed by atoms with Crippen molar-refractivity contribution in [3.63, 3.8) is 0 Å². The highest BCUT2D eigenvalue weighted by atomic mass is 32.2. The Morgan fingerprint density at radius 2 is 1.60 bits per heavy atom. The predicted octanol–water partition coefficient (Wildman–Crippen LogP) is 1.07. The number of hydrogen-bond donors (Lipinski definition) is 2. The highest BCUT2D eigenvalue weighted by Crippen LogP contribution is 2.17. The first-order valence-electron chi connectivity index (χ1n) is 6.04. The van der Waals surface area contributed by atoms with Crippen LogP contribution in [0.4, 0.5) is 0 Å². The summed E-state index contributed by atoms with van der Waals surface area (Å²) < 4.78 is 24.5. The molecule has 0 saturated heterocycles. The molecule has 0 fully saturated rings. The Morgan fingerprint density at radius 3 is 2.00 bits per heavy atom. The summed E-state index contributed by atoms with van der Waals surface area (Å²) in [5.74, 6) is -1.72. The van der Waals surface area contributed by atoms with Gasteiger partial charge < -0.3 is 10.4 Å². The zero-order chi connectivity index (χ0) is 15.5. The lowest BCUT2D eigenvalue weighted by molar-refractivity contribution is -0.120. The van der Waals surface area contributed by atoms with Gasteiger partial charge in [-0.25, -0.2) is 13.2 Å². The van der Waals surface area contributed by atoms with Gasteiger partial charge in [0.25, 0.3) is 0 Å². The zero-order valence-electron chi connectivity index (χ0n) is 11.5. The Morgan fingerprint density at radius 1 is 1.10 bits per heavy atom. The number of carbonyl (C=O) groups excluding carboxylic acids is 1. The molecule has 6 nitrogen and oxygen atoms in total. The third-order valence-electron chi connectivity index (χ3n) is 2.70. The Hall–Kier alpha value is -1.89. The summed E-state index contributed by atoms with van der Waals surface area (Å²) in [6.07, 6.45) is 0. The van der Waals surface area contributed by atoms with Crippen LogP contribution in [-0.4, -0.2) is 36.7 Å². The molecule has 0 aliphatic rings.